The number of non-ortho nitro benzene ring substituents is 1. The molecular formula is C14H18NO8P. The van der Waals surface area contributed by atoms with E-state index in [4.69, 9.17) is 9.26 Å². The maximum atomic E-state index is 11.7. The molecule has 9 nitrogen and oxygen atoms in total. The molecule has 1 rings (SSSR count). The number of rotatable bonds is 8. The van der Waals surface area contributed by atoms with E-state index in [9.17, 15) is 19.5 Å². The molecular weight excluding hydrogens is 341 g/mol. The van der Waals surface area contributed by atoms with Gasteiger partial charge in [0, 0.05) is 26.4 Å². The Morgan fingerprint density at radius 2 is 1.96 bits per heavy atom. The zero-order valence-electron chi connectivity index (χ0n) is 13.7. The van der Waals surface area contributed by atoms with Crippen molar-refractivity contribution in [2.75, 3.05) is 14.2 Å². The summed E-state index contributed by atoms with van der Waals surface area (Å²) in [6.45, 7) is 2.97. The Labute approximate surface area is 138 Å². The van der Waals surface area contributed by atoms with Crippen LogP contribution in [-0.2, 0) is 34.3 Å². The van der Waals surface area contributed by atoms with Gasteiger partial charge in [0.25, 0.3) is 5.69 Å². The minimum Gasteiger partial charge on any atom is -0.458 e. The van der Waals surface area contributed by atoms with E-state index in [0.717, 1.165) is 25.9 Å². The third kappa shape index (κ3) is 5.77. The van der Waals surface area contributed by atoms with E-state index in [-0.39, 0.29) is 18.1 Å². The largest absolute Gasteiger partial charge is 0.529 e. The maximum absolute atomic E-state index is 11.7. The summed E-state index contributed by atoms with van der Waals surface area (Å²) in [5.74, 6) is -0.792. The number of phosphoric acid groups is 1. The average molecular weight is 359 g/mol. The summed E-state index contributed by atoms with van der Waals surface area (Å²) in [5, 5.41) is 10.8. The third-order valence-corrected chi connectivity index (χ3v) is 4.34. The quantitative estimate of drug-likeness (QED) is 0.173. The summed E-state index contributed by atoms with van der Waals surface area (Å²) in [7, 11) is -1.47. The molecule has 1 aromatic carbocycles. The number of carbonyl (C=O) groups excluding carboxylic acids is 1. The summed E-state index contributed by atoms with van der Waals surface area (Å²) in [6, 6.07) is 4.27. The van der Waals surface area contributed by atoms with Crippen molar-refractivity contribution in [1.29, 1.82) is 0 Å². The lowest BCUT2D eigenvalue weighted by Crippen LogP contribution is -2.04. The van der Waals surface area contributed by atoms with Crippen LogP contribution in [0.3, 0.4) is 0 Å². The van der Waals surface area contributed by atoms with Crippen LogP contribution in [0.25, 0.3) is 0 Å². The Hall–Kier alpha value is -2.22. The highest BCUT2D eigenvalue weighted by Gasteiger charge is 2.24. The fourth-order valence-corrected chi connectivity index (χ4v) is 2.34. The van der Waals surface area contributed by atoms with Crippen molar-refractivity contribution in [3.05, 3.63) is 51.3 Å². The van der Waals surface area contributed by atoms with Crippen molar-refractivity contribution in [3.8, 4) is 0 Å². The van der Waals surface area contributed by atoms with Crippen LogP contribution in [0.4, 0.5) is 5.69 Å². The van der Waals surface area contributed by atoms with Gasteiger partial charge in [-0.05, 0) is 25.0 Å². The van der Waals surface area contributed by atoms with Crippen molar-refractivity contribution in [2.24, 2.45) is 0 Å². The highest BCUT2D eigenvalue weighted by atomic mass is 31.2. The first-order valence-corrected chi connectivity index (χ1v) is 8.17. The number of hydrogen-bond donors (Lipinski definition) is 0. The molecule has 24 heavy (non-hydrogen) atoms. The lowest BCUT2D eigenvalue weighted by atomic mass is 10.1. The van der Waals surface area contributed by atoms with Gasteiger partial charge in [0.1, 0.15) is 12.4 Å². The van der Waals surface area contributed by atoms with Crippen LogP contribution >= 0.6 is 7.82 Å². The van der Waals surface area contributed by atoms with Crippen LogP contribution in [0, 0.1) is 17.0 Å². The van der Waals surface area contributed by atoms with E-state index >= 15 is 0 Å². The van der Waals surface area contributed by atoms with Gasteiger partial charge in [-0.15, -0.1) is 0 Å². The van der Waals surface area contributed by atoms with Crippen molar-refractivity contribution in [1.82, 2.24) is 0 Å². The molecule has 0 heterocycles. The van der Waals surface area contributed by atoms with Crippen molar-refractivity contribution in [2.45, 2.75) is 20.5 Å². The second-order valence-corrected chi connectivity index (χ2v) is 6.44. The van der Waals surface area contributed by atoms with Gasteiger partial charge in [-0.25, -0.2) is 9.36 Å². The molecule has 0 unspecified atom stereocenters. The van der Waals surface area contributed by atoms with Gasteiger partial charge < -0.3 is 9.26 Å². The molecule has 0 saturated carbocycles. The molecule has 0 fully saturated rings. The summed E-state index contributed by atoms with van der Waals surface area (Å²) in [6.07, 6.45) is 0.970. The van der Waals surface area contributed by atoms with Crippen LogP contribution in [0.5, 0.6) is 0 Å². The first kappa shape index (κ1) is 19.8. The number of ether oxygens (including phenoxy) is 1. The van der Waals surface area contributed by atoms with Crippen molar-refractivity contribution < 1.29 is 32.6 Å². The van der Waals surface area contributed by atoms with E-state index in [0.29, 0.717) is 5.56 Å². The van der Waals surface area contributed by atoms with Crippen LogP contribution in [0.2, 0.25) is 0 Å². The zero-order chi connectivity index (χ0) is 18.3. The van der Waals surface area contributed by atoms with Gasteiger partial charge >= 0.3 is 13.8 Å². The number of carbonyl (C=O) groups is 1. The van der Waals surface area contributed by atoms with Gasteiger partial charge in [0.2, 0.25) is 0 Å². The van der Waals surface area contributed by atoms with E-state index in [1.54, 1.807) is 13.0 Å². The predicted octanol–water partition coefficient (Wildman–Crippen LogP) is 3.27. The molecule has 0 aliphatic carbocycles. The molecule has 1 aromatic rings. The summed E-state index contributed by atoms with van der Waals surface area (Å²) in [4.78, 5) is 22.0. The molecule has 0 saturated heterocycles. The number of phosphoric ester groups is 1. The number of benzene rings is 1. The second kappa shape index (κ2) is 8.58. The van der Waals surface area contributed by atoms with E-state index in [1.165, 1.54) is 19.1 Å². The standard InChI is InChI=1S/C14H18NO8P/c1-10-5-6-13(15(17)18)8-12(10)9-22-14(16)7-11(2)23-24(19,20-3)21-4/h5-8H,9H2,1-4H3/b11-7-. The van der Waals surface area contributed by atoms with Crippen LogP contribution in [-0.4, -0.2) is 25.1 Å². The van der Waals surface area contributed by atoms with Gasteiger partial charge in [0.15, 0.2) is 0 Å². The first-order chi connectivity index (χ1) is 11.2. The van der Waals surface area contributed by atoms with Crippen LogP contribution < -0.4 is 0 Å². The molecule has 0 N–H and O–H groups in total. The SMILES string of the molecule is COP(=O)(OC)O/C(C)=C\C(=O)OCc1cc([N+](=O)[O-])ccc1C. The third-order valence-electron chi connectivity index (χ3n) is 2.94. The lowest BCUT2D eigenvalue weighted by Gasteiger charge is -2.14. The van der Waals surface area contributed by atoms with Gasteiger partial charge in [-0.2, -0.15) is 0 Å². The van der Waals surface area contributed by atoms with Crippen LogP contribution in [0.1, 0.15) is 18.1 Å². The molecule has 0 aromatic heterocycles. The number of esters is 1. The number of hydrogen-bond acceptors (Lipinski definition) is 8. The number of nitro groups is 1. The highest BCUT2D eigenvalue weighted by Crippen LogP contribution is 2.49. The number of nitro benzene ring substituents is 1. The molecule has 10 heteroatoms. The van der Waals surface area contributed by atoms with E-state index in [2.05, 4.69) is 9.05 Å². The van der Waals surface area contributed by atoms with Crippen molar-refractivity contribution >= 4 is 19.5 Å². The Kier molecular flexibility index (Phi) is 7.09. The predicted molar refractivity (Wildman–Crippen MR) is 84.1 cm³/mol. The highest BCUT2D eigenvalue weighted by molar-refractivity contribution is 7.48. The monoisotopic (exact) mass is 359 g/mol. The minimum absolute atomic E-state index is 0.0252. The van der Waals surface area contributed by atoms with Gasteiger partial charge in [-0.3, -0.25) is 19.2 Å². The molecule has 0 amide bonds. The Balaban J connectivity index is 2.73. The fourth-order valence-electron chi connectivity index (χ4n) is 1.64. The Bertz CT molecular complexity index is 692. The number of nitrogens with zero attached hydrogens (tertiary/aromatic N) is 1. The fraction of sp³-hybridized carbons (Fsp3) is 0.357. The van der Waals surface area contributed by atoms with E-state index < -0.39 is 18.7 Å². The van der Waals surface area contributed by atoms with Crippen molar-refractivity contribution in [3.63, 3.8) is 0 Å². The number of aryl methyl sites for hydroxylation is 1. The molecule has 0 aliphatic rings. The van der Waals surface area contributed by atoms with Crippen LogP contribution in [0.15, 0.2) is 30.0 Å². The molecule has 0 bridgehead atoms. The van der Waals surface area contributed by atoms with Gasteiger partial charge in [-0.1, -0.05) is 6.07 Å². The average Bonchev–Trinajstić information content (AvgIpc) is 2.53. The molecule has 132 valence electrons. The summed E-state index contributed by atoms with van der Waals surface area (Å²) >= 11 is 0. The topological polar surface area (TPSA) is 114 Å². The molecule has 0 aliphatic heterocycles. The molecule has 0 spiro atoms. The lowest BCUT2D eigenvalue weighted by molar-refractivity contribution is -0.385. The summed E-state index contributed by atoms with van der Waals surface area (Å²) in [5.41, 5.74) is 1.15. The number of allylic oxidation sites excluding steroid dienone is 1. The molecule has 0 radical (unpaired) electrons. The van der Waals surface area contributed by atoms with E-state index in [1.807, 2.05) is 0 Å². The Morgan fingerprint density at radius 3 is 2.50 bits per heavy atom. The Morgan fingerprint density at radius 1 is 1.33 bits per heavy atom. The normalized spacial score (nSPS) is 11.9. The molecule has 0 atom stereocenters. The first-order valence-electron chi connectivity index (χ1n) is 6.71. The van der Waals surface area contributed by atoms with Gasteiger partial charge in [0.05, 0.1) is 11.0 Å². The maximum Gasteiger partial charge on any atom is 0.529 e. The smallest absolute Gasteiger partial charge is 0.458 e. The second-order valence-electron chi connectivity index (χ2n) is 4.63. The minimum atomic E-state index is -3.75. The zero-order valence-corrected chi connectivity index (χ0v) is 14.6. The summed E-state index contributed by atoms with van der Waals surface area (Å²) < 4.78 is 30.8.